The molecule has 0 bridgehead atoms. The van der Waals surface area contributed by atoms with Gasteiger partial charge in [0.1, 0.15) is 0 Å². The van der Waals surface area contributed by atoms with Crippen LogP contribution in [0.3, 0.4) is 0 Å². The van der Waals surface area contributed by atoms with Crippen LogP contribution in [0, 0.1) is 5.92 Å². The van der Waals surface area contributed by atoms with Gasteiger partial charge in [0.05, 0.1) is 11.7 Å². The lowest BCUT2D eigenvalue weighted by atomic mass is 9.71. The Kier molecular flexibility index (Phi) is 3.33. The van der Waals surface area contributed by atoms with E-state index in [0.29, 0.717) is 5.92 Å². The van der Waals surface area contributed by atoms with Crippen molar-refractivity contribution in [3.8, 4) is 0 Å². The maximum absolute atomic E-state index is 10.5. The number of fused-ring (bicyclic) bond motifs is 1. The number of piperidine rings is 1. The van der Waals surface area contributed by atoms with E-state index in [9.17, 15) is 10.2 Å². The van der Waals surface area contributed by atoms with Crippen LogP contribution in [0.1, 0.15) is 39.0 Å². The van der Waals surface area contributed by atoms with Crippen molar-refractivity contribution < 1.29 is 10.2 Å². The monoisotopic (exact) mass is 213 g/mol. The summed E-state index contributed by atoms with van der Waals surface area (Å²) < 4.78 is 0. The number of hydrogen-bond donors (Lipinski definition) is 2. The molecule has 3 nitrogen and oxygen atoms in total. The molecule has 1 heterocycles. The molecule has 0 radical (unpaired) electrons. The van der Waals surface area contributed by atoms with Crippen LogP contribution in [0.5, 0.6) is 0 Å². The van der Waals surface area contributed by atoms with Gasteiger partial charge in [0.2, 0.25) is 0 Å². The first-order valence-corrected chi connectivity index (χ1v) is 6.23. The molecule has 3 unspecified atom stereocenters. The smallest absolute Gasteiger partial charge is 0.0700 e. The van der Waals surface area contributed by atoms with Crippen molar-refractivity contribution in [1.29, 1.82) is 0 Å². The number of aliphatic hydroxyl groups is 2. The van der Waals surface area contributed by atoms with Crippen molar-refractivity contribution in [3.05, 3.63) is 0 Å². The topological polar surface area (TPSA) is 43.7 Å². The molecule has 2 aliphatic rings. The van der Waals surface area contributed by atoms with Gasteiger partial charge in [0, 0.05) is 25.6 Å². The van der Waals surface area contributed by atoms with Crippen molar-refractivity contribution in [2.45, 2.75) is 50.7 Å². The molecule has 3 heteroatoms. The normalized spacial score (nSPS) is 39.8. The van der Waals surface area contributed by atoms with E-state index in [0.717, 1.165) is 38.9 Å². The first-order chi connectivity index (χ1) is 7.10. The lowest BCUT2D eigenvalue weighted by Gasteiger charge is -2.47. The molecule has 0 aromatic rings. The van der Waals surface area contributed by atoms with Gasteiger partial charge >= 0.3 is 0 Å². The number of hydrogen-bond acceptors (Lipinski definition) is 3. The van der Waals surface area contributed by atoms with Crippen LogP contribution in [0.2, 0.25) is 0 Å². The Balaban J connectivity index is 1.93. The van der Waals surface area contributed by atoms with Crippen LogP contribution in [-0.2, 0) is 0 Å². The summed E-state index contributed by atoms with van der Waals surface area (Å²) in [4.78, 5) is 2.30. The quantitative estimate of drug-likeness (QED) is 0.719. The molecule has 2 rings (SSSR count). The predicted octanol–water partition coefficient (Wildman–Crippen LogP) is 0.994. The SMILES string of the molecule is CC(O)CN1CCC2(O)CCCCC2C1. The molecule has 0 aromatic heterocycles. The van der Waals surface area contributed by atoms with E-state index in [1.165, 1.54) is 12.8 Å². The summed E-state index contributed by atoms with van der Waals surface area (Å²) in [5.74, 6) is 0.443. The Morgan fingerprint density at radius 2 is 2.20 bits per heavy atom. The van der Waals surface area contributed by atoms with E-state index in [2.05, 4.69) is 4.90 Å². The first-order valence-electron chi connectivity index (χ1n) is 6.23. The minimum Gasteiger partial charge on any atom is -0.392 e. The van der Waals surface area contributed by atoms with Crippen molar-refractivity contribution >= 4 is 0 Å². The highest BCUT2D eigenvalue weighted by Crippen LogP contribution is 2.39. The lowest BCUT2D eigenvalue weighted by molar-refractivity contribution is -0.0992. The van der Waals surface area contributed by atoms with Gasteiger partial charge in [-0.3, -0.25) is 0 Å². The van der Waals surface area contributed by atoms with E-state index in [1.807, 2.05) is 6.92 Å². The average molecular weight is 213 g/mol. The Hall–Kier alpha value is -0.120. The maximum atomic E-state index is 10.5. The van der Waals surface area contributed by atoms with Crippen LogP contribution in [0.15, 0.2) is 0 Å². The van der Waals surface area contributed by atoms with E-state index < -0.39 is 0 Å². The standard InChI is InChI=1S/C12H23NO2/c1-10(14)8-13-7-6-12(15)5-3-2-4-11(12)9-13/h10-11,14-15H,2-9H2,1H3. The zero-order chi connectivity index (χ0) is 10.9. The molecular formula is C12H23NO2. The maximum Gasteiger partial charge on any atom is 0.0700 e. The Bertz CT molecular complexity index is 220. The van der Waals surface area contributed by atoms with E-state index >= 15 is 0 Å². The summed E-state index contributed by atoms with van der Waals surface area (Å²) in [5.41, 5.74) is -0.382. The van der Waals surface area contributed by atoms with Crippen LogP contribution < -0.4 is 0 Å². The summed E-state index contributed by atoms with van der Waals surface area (Å²) in [5, 5.41) is 19.8. The van der Waals surface area contributed by atoms with Crippen molar-refractivity contribution in [2.24, 2.45) is 5.92 Å². The number of aliphatic hydroxyl groups excluding tert-OH is 1. The van der Waals surface area contributed by atoms with Gasteiger partial charge in [-0.25, -0.2) is 0 Å². The largest absolute Gasteiger partial charge is 0.392 e. The zero-order valence-electron chi connectivity index (χ0n) is 9.65. The number of nitrogens with zero attached hydrogens (tertiary/aromatic N) is 1. The highest BCUT2D eigenvalue weighted by atomic mass is 16.3. The van der Waals surface area contributed by atoms with Crippen LogP contribution in [-0.4, -0.2) is 46.5 Å². The zero-order valence-corrected chi connectivity index (χ0v) is 9.65. The third-order valence-corrected chi connectivity index (χ3v) is 4.03. The predicted molar refractivity (Wildman–Crippen MR) is 59.6 cm³/mol. The fraction of sp³-hybridized carbons (Fsp3) is 1.00. The number of rotatable bonds is 2. The summed E-state index contributed by atoms with van der Waals surface area (Å²) in [6.07, 6.45) is 5.23. The molecule has 0 amide bonds. The second-order valence-corrected chi connectivity index (χ2v) is 5.40. The number of β-amino-alcohol motifs (C(OH)–C–C–N with tert-alkyl or cyclic N) is 1. The molecule has 2 N–H and O–H groups in total. The van der Waals surface area contributed by atoms with Gasteiger partial charge in [-0.05, 0) is 26.2 Å². The second kappa shape index (κ2) is 4.40. The molecule has 2 fully saturated rings. The minimum absolute atomic E-state index is 0.250. The van der Waals surface area contributed by atoms with Crippen molar-refractivity contribution in [1.82, 2.24) is 4.90 Å². The Labute approximate surface area is 92.1 Å². The van der Waals surface area contributed by atoms with Crippen molar-refractivity contribution in [2.75, 3.05) is 19.6 Å². The average Bonchev–Trinajstić information content (AvgIpc) is 2.17. The molecule has 0 aromatic carbocycles. The molecule has 1 aliphatic carbocycles. The van der Waals surface area contributed by atoms with Gasteiger partial charge in [0.25, 0.3) is 0 Å². The first kappa shape index (κ1) is 11.4. The van der Waals surface area contributed by atoms with E-state index in [-0.39, 0.29) is 11.7 Å². The number of likely N-dealkylation sites (tertiary alicyclic amines) is 1. The second-order valence-electron chi connectivity index (χ2n) is 5.40. The fourth-order valence-electron chi connectivity index (χ4n) is 3.18. The Morgan fingerprint density at radius 1 is 1.40 bits per heavy atom. The summed E-state index contributed by atoms with van der Waals surface area (Å²) in [6.45, 7) is 4.51. The van der Waals surface area contributed by atoms with Gasteiger partial charge in [0.15, 0.2) is 0 Å². The van der Waals surface area contributed by atoms with E-state index in [1.54, 1.807) is 0 Å². The van der Waals surface area contributed by atoms with E-state index in [4.69, 9.17) is 0 Å². The third kappa shape index (κ3) is 2.52. The lowest BCUT2D eigenvalue weighted by Crippen LogP contribution is -2.54. The summed E-state index contributed by atoms with van der Waals surface area (Å²) in [7, 11) is 0. The van der Waals surface area contributed by atoms with Gasteiger partial charge in [-0.2, -0.15) is 0 Å². The summed E-state index contributed by atoms with van der Waals surface area (Å²) >= 11 is 0. The molecule has 1 saturated heterocycles. The molecule has 15 heavy (non-hydrogen) atoms. The van der Waals surface area contributed by atoms with Gasteiger partial charge in [-0.1, -0.05) is 12.8 Å². The highest BCUT2D eigenvalue weighted by Gasteiger charge is 2.42. The van der Waals surface area contributed by atoms with Crippen LogP contribution in [0.4, 0.5) is 0 Å². The van der Waals surface area contributed by atoms with Crippen molar-refractivity contribution in [3.63, 3.8) is 0 Å². The summed E-state index contributed by atoms with van der Waals surface area (Å²) in [6, 6.07) is 0. The molecule has 3 atom stereocenters. The molecule has 1 saturated carbocycles. The molecule has 88 valence electrons. The van der Waals surface area contributed by atoms with Gasteiger partial charge in [-0.15, -0.1) is 0 Å². The third-order valence-electron chi connectivity index (χ3n) is 4.03. The van der Waals surface area contributed by atoms with Crippen LogP contribution in [0.25, 0.3) is 0 Å². The molecule has 1 aliphatic heterocycles. The highest BCUT2D eigenvalue weighted by molar-refractivity contribution is 4.95. The fourth-order valence-corrected chi connectivity index (χ4v) is 3.18. The Morgan fingerprint density at radius 3 is 2.93 bits per heavy atom. The molecular weight excluding hydrogens is 190 g/mol. The van der Waals surface area contributed by atoms with Gasteiger partial charge < -0.3 is 15.1 Å². The van der Waals surface area contributed by atoms with Crippen LogP contribution >= 0.6 is 0 Å². The minimum atomic E-state index is -0.382. The molecule has 0 spiro atoms.